The molecule has 0 aromatic carbocycles. The van der Waals surface area contributed by atoms with Crippen LogP contribution in [0.2, 0.25) is 0 Å². The van der Waals surface area contributed by atoms with Crippen LogP contribution in [0.25, 0.3) is 0 Å². The molecule has 0 bridgehead atoms. The Kier molecular flexibility index (Phi) is 6.85. The molecule has 2 heterocycles. The lowest BCUT2D eigenvalue weighted by molar-refractivity contribution is -0.117. The number of hydrogen-bond acceptors (Lipinski definition) is 7. The average molecular weight is 523 g/mol. The third kappa shape index (κ3) is 5.62. The monoisotopic (exact) mass is 522 g/mol. The van der Waals surface area contributed by atoms with Crippen molar-refractivity contribution in [3.63, 3.8) is 0 Å². The van der Waals surface area contributed by atoms with Crippen molar-refractivity contribution in [2.24, 2.45) is 28.9 Å². The summed E-state index contributed by atoms with van der Waals surface area (Å²) in [6, 6.07) is 3.66. The molecule has 2 aromatic heterocycles. The van der Waals surface area contributed by atoms with Gasteiger partial charge in [-0.3, -0.25) is 9.59 Å². The Bertz CT molecular complexity index is 1230. The molecule has 2 amide bonds. The van der Waals surface area contributed by atoms with Crippen LogP contribution in [0.4, 0.5) is 24.0 Å². The Labute approximate surface area is 208 Å². The van der Waals surface area contributed by atoms with Crippen molar-refractivity contribution >= 4 is 40.0 Å². The topological polar surface area (TPSA) is 110 Å². The molecular formula is C23H25F3N6O3S. The number of carbonyl (C=O) groups excluding carboxylic acids is 2. The van der Waals surface area contributed by atoms with Gasteiger partial charge in [0, 0.05) is 24.5 Å². The molecular weight excluding hydrogens is 497 g/mol. The van der Waals surface area contributed by atoms with E-state index in [0.717, 1.165) is 23.3 Å². The Hall–Kier alpha value is -3.18. The number of thiophene rings is 1. The number of alkyl halides is 3. The Morgan fingerprint density at radius 3 is 2.83 bits per heavy atom. The number of hydrogen-bond donors (Lipinski definition) is 2. The van der Waals surface area contributed by atoms with Gasteiger partial charge in [0.1, 0.15) is 11.2 Å². The second kappa shape index (κ2) is 10.1. The van der Waals surface area contributed by atoms with Crippen LogP contribution in [0.15, 0.2) is 16.1 Å². The van der Waals surface area contributed by atoms with Gasteiger partial charge < -0.3 is 15.4 Å². The zero-order valence-electron chi connectivity index (χ0n) is 19.5. The zero-order chi connectivity index (χ0) is 25.4. The number of aryl methyl sites for hydroxylation is 2. The molecule has 3 unspecified atom stereocenters. The largest absolute Gasteiger partial charge is 0.415 e. The number of aliphatic imine (C=N–C) groups is 2. The van der Waals surface area contributed by atoms with Crippen LogP contribution in [0.5, 0.6) is 5.88 Å². The zero-order valence-corrected chi connectivity index (χ0v) is 20.3. The van der Waals surface area contributed by atoms with Crippen molar-refractivity contribution in [1.82, 2.24) is 15.1 Å². The molecule has 9 nitrogen and oxygen atoms in total. The van der Waals surface area contributed by atoms with Crippen molar-refractivity contribution in [3.05, 3.63) is 22.1 Å². The van der Waals surface area contributed by atoms with Crippen LogP contribution in [0.1, 0.15) is 46.5 Å². The third-order valence-corrected chi connectivity index (χ3v) is 7.65. The van der Waals surface area contributed by atoms with Gasteiger partial charge >= 0.3 is 6.61 Å². The molecule has 2 aromatic rings. The lowest BCUT2D eigenvalue weighted by Gasteiger charge is -2.18. The van der Waals surface area contributed by atoms with E-state index in [4.69, 9.17) is 0 Å². The standard InChI is InChI=1S/C23H25F3N6O3S/c1-32-17(8-18(31-32)35-23(25)26)29-10-28-12-4-5-16-14(6-12)19(21(34)27-9-11-2-3-11)22(36-16)30-20(33)13-7-15(13)24/h8,11-13,15,23H,2-7,9H2,1H3,(H,27,34)(H,30,33). The maximum atomic E-state index is 13.4. The smallest absolute Gasteiger partial charge is 0.388 e. The summed E-state index contributed by atoms with van der Waals surface area (Å²) in [5.74, 6) is -0.813. The van der Waals surface area contributed by atoms with Gasteiger partial charge in [-0.15, -0.1) is 16.4 Å². The first-order valence-corrected chi connectivity index (χ1v) is 12.6. The molecule has 0 aliphatic heterocycles. The first kappa shape index (κ1) is 24.5. The fourth-order valence-corrected chi connectivity index (χ4v) is 5.38. The highest BCUT2D eigenvalue weighted by atomic mass is 32.1. The molecule has 2 saturated carbocycles. The van der Waals surface area contributed by atoms with Crippen LogP contribution in [-0.2, 0) is 24.7 Å². The number of fused-ring (bicyclic) bond motifs is 1. The lowest BCUT2D eigenvalue weighted by Crippen LogP contribution is -2.28. The number of rotatable bonds is 9. The highest BCUT2D eigenvalue weighted by molar-refractivity contribution is 7.17. The summed E-state index contributed by atoms with van der Waals surface area (Å²) in [5, 5.41) is 10.0. The summed E-state index contributed by atoms with van der Waals surface area (Å²) in [5.41, 5.74) is 1.25. The highest BCUT2D eigenvalue weighted by Gasteiger charge is 2.44. The van der Waals surface area contributed by atoms with E-state index >= 15 is 0 Å². The molecule has 3 aliphatic rings. The number of aromatic nitrogens is 2. The predicted octanol–water partition coefficient (Wildman–Crippen LogP) is 3.88. The lowest BCUT2D eigenvalue weighted by atomic mass is 9.91. The highest BCUT2D eigenvalue weighted by Crippen LogP contribution is 2.41. The van der Waals surface area contributed by atoms with E-state index in [9.17, 15) is 22.8 Å². The van der Waals surface area contributed by atoms with Gasteiger partial charge in [0.15, 0.2) is 5.82 Å². The minimum Gasteiger partial charge on any atom is -0.415 e. The van der Waals surface area contributed by atoms with Gasteiger partial charge in [-0.2, -0.15) is 13.8 Å². The number of nitrogens with zero attached hydrogens (tertiary/aromatic N) is 4. The van der Waals surface area contributed by atoms with E-state index in [-0.39, 0.29) is 30.1 Å². The summed E-state index contributed by atoms with van der Waals surface area (Å²) in [4.78, 5) is 35.0. The number of nitrogens with one attached hydrogen (secondary N) is 2. The van der Waals surface area contributed by atoms with Gasteiger partial charge in [0.25, 0.3) is 5.91 Å². The molecule has 3 atom stereocenters. The van der Waals surface area contributed by atoms with Crippen LogP contribution < -0.4 is 15.4 Å². The first-order chi connectivity index (χ1) is 17.3. The van der Waals surface area contributed by atoms with Gasteiger partial charge in [-0.05, 0) is 50.0 Å². The van der Waals surface area contributed by atoms with Gasteiger partial charge in [0.05, 0.1) is 23.5 Å². The van der Waals surface area contributed by atoms with Crippen molar-refractivity contribution in [2.45, 2.75) is 57.3 Å². The number of amides is 2. The maximum absolute atomic E-state index is 13.4. The third-order valence-electron chi connectivity index (χ3n) is 6.44. The Balaban J connectivity index is 1.33. The number of halogens is 3. The average Bonchev–Trinajstić information content (AvgIpc) is 3.72. The number of carbonyl (C=O) groups is 2. The summed E-state index contributed by atoms with van der Waals surface area (Å²) in [6.45, 7) is -2.40. The van der Waals surface area contributed by atoms with Crippen molar-refractivity contribution in [3.8, 4) is 5.88 Å². The fraction of sp³-hybridized carbons (Fsp3) is 0.565. The molecule has 0 spiro atoms. The molecule has 192 valence electrons. The molecule has 36 heavy (non-hydrogen) atoms. The van der Waals surface area contributed by atoms with E-state index < -0.39 is 24.6 Å². The minimum absolute atomic E-state index is 0.210. The molecule has 5 rings (SSSR count). The summed E-state index contributed by atoms with van der Waals surface area (Å²) < 4.78 is 43.7. The fourth-order valence-electron chi connectivity index (χ4n) is 4.14. The summed E-state index contributed by atoms with van der Waals surface area (Å²) in [6.07, 6.45) is 3.07. The molecule has 13 heteroatoms. The van der Waals surface area contributed by atoms with E-state index in [0.29, 0.717) is 42.3 Å². The van der Waals surface area contributed by atoms with Crippen LogP contribution in [-0.4, -0.2) is 53.0 Å². The molecule has 0 radical (unpaired) electrons. The molecule has 0 saturated heterocycles. The van der Waals surface area contributed by atoms with E-state index in [2.05, 4.69) is 36.5 Å². The van der Waals surface area contributed by atoms with E-state index in [1.165, 1.54) is 29.1 Å². The van der Waals surface area contributed by atoms with Crippen molar-refractivity contribution < 1.29 is 27.5 Å². The SMILES string of the molecule is Cn1nc(OC(F)F)cc1N=C=NC1CCc2sc(NC(=O)C3CC3F)c(C(=O)NCC3CC3)c2C1. The van der Waals surface area contributed by atoms with E-state index in [1.807, 2.05) is 0 Å². The Morgan fingerprint density at radius 2 is 2.14 bits per heavy atom. The molecule has 2 fully saturated rings. The number of ether oxygens (including phenoxy) is 1. The van der Waals surface area contributed by atoms with Gasteiger partial charge in [0.2, 0.25) is 11.8 Å². The second-order valence-electron chi connectivity index (χ2n) is 9.29. The summed E-state index contributed by atoms with van der Waals surface area (Å²) in [7, 11) is 1.53. The first-order valence-electron chi connectivity index (χ1n) is 11.8. The summed E-state index contributed by atoms with van der Waals surface area (Å²) >= 11 is 1.36. The van der Waals surface area contributed by atoms with Gasteiger partial charge in [-0.1, -0.05) is 0 Å². The van der Waals surface area contributed by atoms with Gasteiger partial charge in [-0.25, -0.2) is 14.1 Å². The van der Waals surface area contributed by atoms with Crippen molar-refractivity contribution in [2.75, 3.05) is 11.9 Å². The second-order valence-corrected chi connectivity index (χ2v) is 10.4. The normalized spacial score (nSPS) is 22.4. The maximum Gasteiger partial charge on any atom is 0.388 e. The molecule has 3 aliphatic carbocycles. The minimum atomic E-state index is -2.99. The van der Waals surface area contributed by atoms with Crippen LogP contribution in [0, 0.1) is 11.8 Å². The van der Waals surface area contributed by atoms with Crippen LogP contribution >= 0.6 is 11.3 Å². The predicted molar refractivity (Wildman–Crippen MR) is 126 cm³/mol. The van der Waals surface area contributed by atoms with Crippen LogP contribution in [0.3, 0.4) is 0 Å². The Morgan fingerprint density at radius 1 is 1.36 bits per heavy atom. The van der Waals surface area contributed by atoms with E-state index in [1.54, 1.807) is 0 Å². The molecule has 2 N–H and O–H groups in total. The quantitative estimate of drug-likeness (QED) is 0.487. The number of anilines is 1. The van der Waals surface area contributed by atoms with Crippen molar-refractivity contribution in [1.29, 1.82) is 0 Å².